The number of nitriles is 1. The topological polar surface area (TPSA) is 71.3 Å². The number of ether oxygens (including phenoxy) is 2. The maximum Gasteiger partial charge on any atom is 0.262 e. The van der Waals surface area contributed by atoms with Crippen LogP contribution in [0.25, 0.3) is 6.08 Å². The van der Waals surface area contributed by atoms with Gasteiger partial charge in [0.05, 0.1) is 14.3 Å². The molecule has 0 fully saturated rings. The third kappa shape index (κ3) is 6.24. The zero-order valence-corrected chi connectivity index (χ0v) is 19.5. The number of methoxy groups -OCH3 is 1. The highest BCUT2D eigenvalue weighted by Gasteiger charge is 2.12. The lowest BCUT2D eigenvalue weighted by atomic mass is 10.1. The summed E-state index contributed by atoms with van der Waals surface area (Å²) in [7, 11) is 1.60. The van der Waals surface area contributed by atoms with Crippen LogP contribution in [0.1, 0.15) is 11.1 Å². The van der Waals surface area contributed by atoms with E-state index in [1.807, 2.05) is 42.5 Å². The Kier molecular flexibility index (Phi) is 8.79. The lowest BCUT2D eigenvalue weighted by molar-refractivity contribution is -0.117. The molecule has 0 heterocycles. The van der Waals surface area contributed by atoms with Crippen LogP contribution in [0.2, 0.25) is 0 Å². The minimum absolute atomic E-state index is 0.0415. The number of rotatable bonds is 8. The van der Waals surface area contributed by atoms with E-state index in [2.05, 4.69) is 57.1 Å². The Morgan fingerprint density at radius 3 is 2.43 bits per heavy atom. The molecule has 0 radical (unpaired) electrons. The van der Waals surface area contributed by atoms with Gasteiger partial charge in [-0.15, -0.1) is 0 Å². The Morgan fingerprint density at radius 1 is 1.25 bits per heavy atom. The normalized spacial score (nSPS) is 10.7. The lowest BCUT2D eigenvalue weighted by Crippen LogP contribution is -2.23. The summed E-state index contributed by atoms with van der Waals surface area (Å²) >= 11 is 4.34. The van der Waals surface area contributed by atoms with Crippen LogP contribution in [0.4, 0.5) is 0 Å². The summed E-state index contributed by atoms with van der Waals surface area (Å²) in [5.74, 6) is 1.09. The predicted octanol–water partition coefficient (Wildman–Crippen LogP) is 4.69. The number of halogens is 2. The van der Waals surface area contributed by atoms with Gasteiger partial charge in [-0.2, -0.15) is 5.26 Å². The van der Waals surface area contributed by atoms with E-state index in [4.69, 9.17) is 9.47 Å². The van der Waals surface area contributed by atoms with Gasteiger partial charge in [-0.05, 0) is 86.7 Å². The standard InChI is InChI=1S/C21H18I2N2O3/c1-3-8-28-20-18(22)10-15(11-19(20)23)9-16(12-24)21(26)25-13-14-4-6-17(27-2)7-5-14/h3-7,9-11H,1,8,13H2,2H3,(H,25,26)/b16-9-. The van der Waals surface area contributed by atoms with E-state index < -0.39 is 5.91 Å². The van der Waals surface area contributed by atoms with E-state index in [-0.39, 0.29) is 5.57 Å². The first kappa shape index (κ1) is 22.2. The van der Waals surface area contributed by atoms with Gasteiger partial charge in [0.2, 0.25) is 0 Å². The minimum Gasteiger partial charge on any atom is -0.497 e. The summed E-state index contributed by atoms with van der Waals surface area (Å²) in [6.07, 6.45) is 3.26. The third-order valence-electron chi connectivity index (χ3n) is 3.65. The van der Waals surface area contributed by atoms with Gasteiger partial charge in [0, 0.05) is 6.54 Å². The van der Waals surface area contributed by atoms with Crippen LogP contribution in [0.3, 0.4) is 0 Å². The van der Waals surface area contributed by atoms with E-state index >= 15 is 0 Å². The van der Waals surface area contributed by atoms with Crippen molar-refractivity contribution in [2.24, 2.45) is 0 Å². The van der Waals surface area contributed by atoms with Gasteiger partial charge in [-0.3, -0.25) is 4.79 Å². The molecule has 0 unspecified atom stereocenters. The second-order valence-electron chi connectivity index (χ2n) is 5.61. The van der Waals surface area contributed by atoms with Crippen molar-refractivity contribution in [3.05, 3.63) is 72.9 Å². The zero-order chi connectivity index (χ0) is 20.5. The van der Waals surface area contributed by atoms with Crippen LogP contribution < -0.4 is 14.8 Å². The van der Waals surface area contributed by atoms with Crippen LogP contribution in [0, 0.1) is 18.5 Å². The van der Waals surface area contributed by atoms with Crippen LogP contribution in [0.5, 0.6) is 11.5 Å². The molecular formula is C21H18I2N2O3. The number of nitrogens with one attached hydrogen (secondary N) is 1. The van der Waals surface area contributed by atoms with Gasteiger partial charge in [-0.1, -0.05) is 24.8 Å². The van der Waals surface area contributed by atoms with Crippen LogP contribution in [0.15, 0.2) is 54.6 Å². The van der Waals surface area contributed by atoms with Crippen LogP contribution in [-0.2, 0) is 11.3 Å². The molecule has 5 nitrogen and oxygen atoms in total. The van der Waals surface area contributed by atoms with E-state index in [1.54, 1.807) is 19.3 Å². The van der Waals surface area contributed by atoms with E-state index in [1.165, 1.54) is 0 Å². The van der Waals surface area contributed by atoms with Crippen LogP contribution in [-0.4, -0.2) is 19.6 Å². The predicted molar refractivity (Wildman–Crippen MR) is 126 cm³/mol. The summed E-state index contributed by atoms with van der Waals surface area (Å²) < 4.78 is 12.6. The van der Waals surface area contributed by atoms with Gasteiger partial charge in [-0.25, -0.2) is 0 Å². The molecule has 2 aromatic rings. The number of hydrogen-bond acceptors (Lipinski definition) is 4. The Balaban J connectivity index is 2.12. The van der Waals surface area contributed by atoms with Gasteiger partial charge in [0.1, 0.15) is 29.7 Å². The third-order valence-corrected chi connectivity index (χ3v) is 5.26. The summed E-state index contributed by atoms with van der Waals surface area (Å²) in [6, 6.07) is 13.1. The first-order valence-corrected chi connectivity index (χ1v) is 10.4. The highest BCUT2D eigenvalue weighted by molar-refractivity contribution is 14.1. The second kappa shape index (κ2) is 11.1. The molecule has 0 aliphatic carbocycles. The molecule has 7 heteroatoms. The van der Waals surface area contributed by atoms with Crippen molar-refractivity contribution in [1.29, 1.82) is 5.26 Å². The van der Waals surface area contributed by atoms with Crippen LogP contribution >= 0.6 is 45.2 Å². The Hall–Kier alpha value is -2.06. The minimum atomic E-state index is -0.421. The highest BCUT2D eigenvalue weighted by atomic mass is 127. The smallest absolute Gasteiger partial charge is 0.262 e. The lowest BCUT2D eigenvalue weighted by Gasteiger charge is -2.10. The van der Waals surface area contributed by atoms with Gasteiger partial charge >= 0.3 is 0 Å². The second-order valence-corrected chi connectivity index (χ2v) is 7.94. The zero-order valence-electron chi connectivity index (χ0n) is 15.2. The molecule has 144 valence electrons. The number of carbonyl (C=O) groups is 1. The number of hydrogen-bond donors (Lipinski definition) is 1. The fourth-order valence-corrected chi connectivity index (χ4v) is 4.41. The molecule has 28 heavy (non-hydrogen) atoms. The maximum absolute atomic E-state index is 12.4. The fraction of sp³-hybridized carbons (Fsp3) is 0.143. The number of benzene rings is 2. The van der Waals surface area contributed by atoms with Crippen molar-refractivity contribution in [2.45, 2.75) is 6.54 Å². The first-order valence-electron chi connectivity index (χ1n) is 8.24. The quantitative estimate of drug-likeness (QED) is 0.207. The van der Waals surface area contributed by atoms with Crippen molar-refractivity contribution < 1.29 is 14.3 Å². The monoisotopic (exact) mass is 600 g/mol. The first-order chi connectivity index (χ1) is 13.5. The summed E-state index contributed by atoms with van der Waals surface area (Å²) in [6.45, 7) is 4.38. The van der Waals surface area contributed by atoms with Crippen molar-refractivity contribution in [1.82, 2.24) is 5.32 Å². The molecule has 2 aromatic carbocycles. The van der Waals surface area contributed by atoms with E-state index in [0.717, 1.165) is 29.8 Å². The van der Waals surface area contributed by atoms with E-state index in [9.17, 15) is 10.1 Å². The van der Waals surface area contributed by atoms with Gasteiger partial charge < -0.3 is 14.8 Å². The average Bonchev–Trinajstić information content (AvgIpc) is 2.70. The molecule has 0 atom stereocenters. The summed E-state index contributed by atoms with van der Waals surface area (Å²) in [5.41, 5.74) is 1.72. The molecule has 1 amide bonds. The number of amides is 1. The maximum atomic E-state index is 12.4. The van der Waals surface area contributed by atoms with Crippen molar-refractivity contribution in [3.8, 4) is 17.6 Å². The number of nitrogens with zero attached hydrogens (tertiary/aromatic N) is 1. The summed E-state index contributed by atoms with van der Waals surface area (Å²) in [4.78, 5) is 12.4. The molecule has 0 spiro atoms. The van der Waals surface area contributed by atoms with Crippen molar-refractivity contribution >= 4 is 57.2 Å². The molecular weight excluding hydrogens is 582 g/mol. The average molecular weight is 600 g/mol. The SMILES string of the molecule is C=CCOc1c(I)cc(/C=C(/C#N)C(=O)NCc2ccc(OC)cc2)cc1I. The molecule has 0 aliphatic rings. The fourth-order valence-electron chi connectivity index (χ4n) is 2.28. The molecule has 0 aromatic heterocycles. The largest absolute Gasteiger partial charge is 0.497 e. The van der Waals surface area contributed by atoms with Gasteiger partial charge in [0.15, 0.2) is 0 Å². The number of carbonyl (C=O) groups excluding carboxylic acids is 1. The summed E-state index contributed by atoms with van der Waals surface area (Å²) in [5, 5.41) is 12.2. The molecule has 0 saturated carbocycles. The Morgan fingerprint density at radius 2 is 1.89 bits per heavy atom. The molecule has 0 aliphatic heterocycles. The van der Waals surface area contributed by atoms with E-state index in [0.29, 0.717) is 13.2 Å². The molecule has 0 bridgehead atoms. The Bertz CT molecular complexity index is 909. The van der Waals surface area contributed by atoms with Crippen molar-refractivity contribution in [2.75, 3.05) is 13.7 Å². The van der Waals surface area contributed by atoms with Crippen molar-refractivity contribution in [3.63, 3.8) is 0 Å². The molecule has 1 N–H and O–H groups in total. The molecule has 2 rings (SSSR count). The molecule has 0 saturated heterocycles. The Labute approximate surface area is 191 Å². The van der Waals surface area contributed by atoms with Gasteiger partial charge in [0.25, 0.3) is 5.91 Å². The highest BCUT2D eigenvalue weighted by Crippen LogP contribution is 2.29.